The second kappa shape index (κ2) is 6.47. The van der Waals surface area contributed by atoms with Gasteiger partial charge in [-0.15, -0.1) is 11.8 Å². The number of halogens is 1. The molecule has 0 heterocycles. The Hall–Kier alpha value is -1.25. The molecule has 104 valence electrons. The highest BCUT2D eigenvalue weighted by molar-refractivity contribution is 8.00. The minimum absolute atomic E-state index is 0.109. The maximum atomic E-state index is 12.4. The Balaban J connectivity index is 2.11. The fraction of sp³-hybridized carbons (Fsp3) is 0.235. The molecule has 0 unspecified atom stereocenters. The van der Waals surface area contributed by atoms with Crippen LogP contribution in [0.4, 0.5) is 0 Å². The van der Waals surface area contributed by atoms with Crippen LogP contribution in [0.25, 0.3) is 0 Å². The molecule has 0 saturated heterocycles. The van der Waals surface area contributed by atoms with Crippen LogP contribution in [0.1, 0.15) is 28.4 Å². The van der Waals surface area contributed by atoms with Crippen molar-refractivity contribution in [2.45, 2.75) is 30.9 Å². The van der Waals surface area contributed by atoms with Gasteiger partial charge in [0, 0.05) is 15.5 Å². The monoisotopic (exact) mass is 304 g/mol. The van der Waals surface area contributed by atoms with Crippen LogP contribution < -0.4 is 0 Å². The smallest absolute Gasteiger partial charge is 0.175 e. The van der Waals surface area contributed by atoms with Crippen LogP contribution in [0.5, 0.6) is 0 Å². The Morgan fingerprint density at radius 1 is 1.10 bits per heavy atom. The Kier molecular flexibility index (Phi) is 4.90. The van der Waals surface area contributed by atoms with E-state index in [4.69, 9.17) is 11.6 Å². The zero-order chi connectivity index (χ0) is 14.7. The van der Waals surface area contributed by atoms with Gasteiger partial charge in [0.05, 0.1) is 5.25 Å². The zero-order valence-electron chi connectivity index (χ0n) is 11.8. The van der Waals surface area contributed by atoms with Crippen molar-refractivity contribution in [3.63, 3.8) is 0 Å². The maximum absolute atomic E-state index is 12.4. The number of thioether (sulfide) groups is 1. The van der Waals surface area contributed by atoms with Gasteiger partial charge in [0.2, 0.25) is 0 Å². The largest absolute Gasteiger partial charge is 0.293 e. The number of hydrogen-bond donors (Lipinski definition) is 0. The number of aryl methyl sites for hydroxylation is 2. The first-order valence-electron chi connectivity index (χ1n) is 6.51. The molecule has 0 amide bonds. The van der Waals surface area contributed by atoms with Gasteiger partial charge >= 0.3 is 0 Å². The molecule has 2 rings (SSSR count). The molecule has 0 bridgehead atoms. The van der Waals surface area contributed by atoms with Gasteiger partial charge in [0.1, 0.15) is 0 Å². The first-order valence-corrected chi connectivity index (χ1v) is 7.77. The summed E-state index contributed by atoms with van der Waals surface area (Å²) in [6.45, 7) is 5.92. The van der Waals surface area contributed by atoms with Gasteiger partial charge in [-0.25, -0.2) is 0 Å². The second-order valence-electron chi connectivity index (χ2n) is 4.90. The van der Waals surface area contributed by atoms with Crippen molar-refractivity contribution >= 4 is 29.1 Å². The lowest BCUT2D eigenvalue weighted by Gasteiger charge is -2.11. The number of Topliss-reactive ketones (excluding diaryl/α,β-unsaturated/α-hetero) is 1. The van der Waals surface area contributed by atoms with Crippen LogP contribution in [-0.2, 0) is 0 Å². The number of rotatable bonds is 4. The quantitative estimate of drug-likeness (QED) is 0.561. The standard InChI is InChI=1S/C17H17ClOS/c1-11-4-8-15(9-5-11)20-13(3)17(19)14-7-6-12(2)16(18)10-14/h4-10,13H,1-3H3/t13-/m0/s1. The summed E-state index contributed by atoms with van der Waals surface area (Å²) in [7, 11) is 0. The van der Waals surface area contributed by atoms with Crippen LogP contribution >= 0.6 is 23.4 Å². The molecule has 0 aliphatic heterocycles. The van der Waals surface area contributed by atoms with E-state index in [1.165, 1.54) is 5.56 Å². The summed E-state index contributed by atoms with van der Waals surface area (Å²) in [6, 6.07) is 13.7. The van der Waals surface area contributed by atoms with E-state index in [-0.39, 0.29) is 11.0 Å². The molecular weight excluding hydrogens is 288 g/mol. The highest BCUT2D eigenvalue weighted by Crippen LogP contribution is 2.27. The van der Waals surface area contributed by atoms with Gasteiger partial charge in [0.25, 0.3) is 0 Å². The molecule has 1 atom stereocenters. The van der Waals surface area contributed by atoms with Gasteiger partial charge in [0.15, 0.2) is 5.78 Å². The third-order valence-corrected chi connectivity index (χ3v) is 4.68. The molecule has 0 radical (unpaired) electrons. The SMILES string of the molecule is Cc1ccc(S[C@@H](C)C(=O)c2ccc(C)c(Cl)c2)cc1. The van der Waals surface area contributed by atoms with Crippen LogP contribution in [0, 0.1) is 13.8 Å². The molecule has 0 saturated carbocycles. The van der Waals surface area contributed by atoms with Crippen LogP contribution in [0.2, 0.25) is 5.02 Å². The summed E-state index contributed by atoms with van der Waals surface area (Å²) in [5.41, 5.74) is 2.88. The number of carbonyl (C=O) groups excluding carboxylic acids is 1. The van der Waals surface area contributed by atoms with Gasteiger partial charge in [-0.05, 0) is 44.5 Å². The molecule has 2 aromatic carbocycles. The highest BCUT2D eigenvalue weighted by atomic mass is 35.5. The van der Waals surface area contributed by atoms with Gasteiger partial charge in [-0.2, -0.15) is 0 Å². The first kappa shape index (κ1) is 15.1. The van der Waals surface area contributed by atoms with Crippen molar-refractivity contribution in [1.29, 1.82) is 0 Å². The van der Waals surface area contributed by atoms with Crippen molar-refractivity contribution in [2.75, 3.05) is 0 Å². The molecule has 0 aliphatic carbocycles. The van der Waals surface area contributed by atoms with E-state index >= 15 is 0 Å². The van der Waals surface area contributed by atoms with E-state index in [9.17, 15) is 4.79 Å². The van der Waals surface area contributed by atoms with Crippen LogP contribution in [0.15, 0.2) is 47.4 Å². The Morgan fingerprint density at radius 3 is 2.35 bits per heavy atom. The van der Waals surface area contributed by atoms with Crippen molar-refractivity contribution in [3.05, 3.63) is 64.2 Å². The zero-order valence-corrected chi connectivity index (χ0v) is 13.4. The van der Waals surface area contributed by atoms with Crippen molar-refractivity contribution in [2.24, 2.45) is 0 Å². The molecule has 3 heteroatoms. The van der Waals surface area contributed by atoms with Gasteiger partial charge < -0.3 is 0 Å². The minimum atomic E-state index is -0.128. The molecule has 2 aromatic rings. The maximum Gasteiger partial charge on any atom is 0.175 e. The Morgan fingerprint density at radius 2 is 1.75 bits per heavy atom. The number of benzene rings is 2. The summed E-state index contributed by atoms with van der Waals surface area (Å²) in [4.78, 5) is 13.5. The van der Waals surface area contributed by atoms with Crippen molar-refractivity contribution in [1.82, 2.24) is 0 Å². The lowest BCUT2D eigenvalue weighted by molar-refractivity contribution is 0.0994. The molecule has 0 aromatic heterocycles. The van der Waals surface area contributed by atoms with Crippen molar-refractivity contribution in [3.8, 4) is 0 Å². The van der Waals surface area contributed by atoms with E-state index in [1.54, 1.807) is 17.8 Å². The summed E-state index contributed by atoms with van der Waals surface area (Å²) < 4.78 is 0. The molecule has 1 nitrogen and oxygen atoms in total. The minimum Gasteiger partial charge on any atom is -0.293 e. The third-order valence-electron chi connectivity index (χ3n) is 3.16. The van der Waals surface area contributed by atoms with Gasteiger partial charge in [-0.1, -0.05) is 41.4 Å². The fourth-order valence-electron chi connectivity index (χ4n) is 1.86. The Bertz CT molecular complexity index is 619. The van der Waals surface area contributed by atoms with Gasteiger partial charge in [-0.3, -0.25) is 4.79 Å². The summed E-state index contributed by atoms with van der Waals surface area (Å²) >= 11 is 7.65. The average Bonchev–Trinajstić information content (AvgIpc) is 2.43. The van der Waals surface area contributed by atoms with E-state index in [0.717, 1.165) is 10.5 Å². The topological polar surface area (TPSA) is 17.1 Å². The van der Waals surface area contributed by atoms with Crippen LogP contribution in [0.3, 0.4) is 0 Å². The lowest BCUT2D eigenvalue weighted by Crippen LogP contribution is -2.13. The van der Waals surface area contributed by atoms with E-state index < -0.39 is 0 Å². The molecule has 20 heavy (non-hydrogen) atoms. The molecule has 0 N–H and O–H groups in total. The fourth-order valence-corrected chi connectivity index (χ4v) is 2.98. The Labute approximate surface area is 129 Å². The number of carbonyl (C=O) groups is 1. The second-order valence-corrected chi connectivity index (χ2v) is 6.72. The van der Waals surface area contributed by atoms with E-state index in [0.29, 0.717) is 10.6 Å². The van der Waals surface area contributed by atoms with E-state index in [1.807, 2.05) is 38.1 Å². The first-order chi connectivity index (χ1) is 9.47. The van der Waals surface area contributed by atoms with E-state index in [2.05, 4.69) is 19.1 Å². The average molecular weight is 305 g/mol. The van der Waals surface area contributed by atoms with Crippen molar-refractivity contribution < 1.29 is 4.79 Å². The third kappa shape index (κ3) is 3.65. The summed E-state index contributed by atoms with van der Waals surface area (Å²) in [5, 5.41) is 0.514. The number of ketones is 1. The molecule has 0 spiro atoms. The normalized spacial score (nSPS) is 12.2. The lowest BCUT2D eigenvalue weighted by atomic mass is 10.1. The molecular formula is C17H17ClOS. The predicted molar refractivity (Wildman–Crippen MR) is 87.0 cm³/mol. The molecule has 0 fully saturated rings. The predicted octanol–water partition coefficient (Wildman–Crippen LogP) is 5.32. The summed E-state index contributed by atoms with van der Waals surface area (Å²) in [6.07, 6.45) is 0. The summed E-state index contributed by atoms with van der Waals surface area (Å²) in [5.74, 6) is 0.109. The number of hydrogen-bond acceptors (Lipinski definition) is 2. The highest BCUT2D eigenvalue weighted by Gasteiger charge is 2.17. The molecule has 0 aliphatic rings. The van der Waals surface area contributed by atoms with Crippen LogP contribution in [-0.4, -0.2) is 11.0 Å².